The molecule has 1 N–H and O–H groups in total. The Hall–Kier alpha value is -2.70. The molecule has 7 nitrogen and oxygen atoms in total. The third-order valence-electron chi connectivity index (χ3n) is 3.61. The minimum absolute atomic E-state index is 0.161. The van der Waals surface area contributed by atoms with E-state index in [1.807, 2.05) is 12.1 Å². The van der Waals surface area contributed by atoms with E-state index in [0.717, 1.165) is 0 Å². The summed E-state index contributed by atoms with van der Waals surface area (Å²) in [5.74, 6) is -1.42. The number of imide groups is 1. The predicted octanol–water partition coefficient (Wildman–Crippen LogP) is 0.211. The molecular weight excluding hydrogens is 272 g/mol. The second-order valence-corrected chi connectivity index (χ2v) is 5.42. The zero-order chi connectivity index (χ0) is 15.2. The van der Waals surface area contributed by atoms with Crippen LogP contribution in [0.3, 0.4) is 0 Å². The molecule has 0 unspecified atom stereocenters. The molecule has 0 aromatic carbocycles. The first-order chi connectivity index (χ1) is 9.89. The smallest absolute Gasteiger partial charge is 0.275 e. The van der Waals surface area contributed by atoms with E-state index in [-0.39, 0.29) is 12.2 Å². The molecule has 0 spiro atoms. The molecule has 21 heavy (non-hydrogen) atoms. The number of imidazole rings is 1. The van der Waals surface area contributed by atoms with Gasteiger partial charge in [0.15, 0.2) is 0 Å². The number of fused-ring (bicyclic) bond motifs is 1. The van der Waals surface area contributed by atoms with Gasteiger partial charge in [0, 0.05) is 12.4 Å². The number of aromatic nitrogens is 2. The third-order valence-corrected chi connectivity index (χ3v) is 3.61. The first-order valence-corrected chi connectivity index (χ1v) is 6.49. The van der Waals surface area contributed by atoms with Crippen molar-refractivity contribution in [2.24, 2.45) is 0 Å². The fourth-order valence-corrected chi connectivity index (χ4v) is 2.28. The second-order valence-electron chi connectivity index (χ2n) is 5.42. The fourth-order valence-electron chi connectivity index (χ4n) is 2.28. The van der Waals surface area contributed by atoms with E-state index in [9.17, 15) is 14.4 Å². The lowest BCUT2D eigenvalue weighted by molar-refractivity contribution is -0.143. The zero-order valence-electron chi connectivity index (χ0n) is 11.7. The van der Waals surface area contributed by atoms with Crippen LogP contribution in [0.15, 0.2) is 30.6 Å². The van der Waals surface area contributed by atoms with E-state index < -0.39 is 23.3 Å². The minimum Gasteiger partial charge on any atom is -0.314 e. The highest BCUT2D eigenvalue weighted by molar-refractivity contribution is 6.08. The number of hydrogen-bond donors (Lipinski definition) is 1. The largest absolute Gasteiger partial charge is 0.314 e. The van der Waals surface area contributed by atoms with E-state index in [1.54, 1.807) is 36.7 Å². The van der Waals surface area contributed by atoms with Gasteiger partial charge in [-0.3, -0.25) is 19.7 Å². The number of carbonyl (C=O) groups is 3. The number of piperazine rings is 1. The monoisotopic (exact) mass is 286 g/mol. The van der Waals surface area contributed by atoms with Gasteiger partial charge >= 0.3 is 0 Å². The molecule has 1 aliphatic rings. The Labute approximate surface area is 120 Å². The summed E-state index contributed by atoms with van der Waals surface area (Å²) in [7, 11) is 0. The van der Waals surface area contributed by atoms with Crippen LogP contribution in [0.2, 0.25) is 0 Å². The quantitative estimate of drug-likeness (QED) is 0.760. The zero-order valence-corrected chi connectivity index (χ0v) is 11.7. The highest BCUT2D eigenvalue weighted by Crippen LogP contribution is 2.21. The van der Waals surface area contributed by atoms with Crippen LogP contribution in [0.25, 0.3) is 5.65 Å². The van der Waals surface area contributed by atoms with Gasteiger partial charge in [0.25, 0.3) is 11.8 Å². The summed E-state index contributed by atoms with van der Waals surface area (Å²) in [5, 5.41) is 2.24. The van der Waals surface area contributed by atoms with Crippen molar-refractivity contribution in [1.29, 1.82) is 0 Å². The minimum atomic E-state index is -1.10. The van der Waals surface area contributed by atoms with Crippen molar-refractivity contribution < 1.29 is 14.4 Å². The van der Waals surface area contributed by atoms with E-state index in [2.05, 4.69) is 10.3 Å². The first kappa shape index (κ1) is 13.3. The number of nitrogens with one attached hydrogen (secondary N) is 1. The van der Waals surface area contributed by atoms with Gasteiger partial charge in [-0.25, -0.2) is 4.98 Å². The van der Waals surface area contributed by atoms with Gasteiger partial charge in [0.1, 0.15) is 23.4 Å². The molecule has 1 saturated heterocycles. The Morgan fingerprint density at radius 1 is 1.33 bits per heavy atom. The summed E-state index contributed by atoms with van der Waals surface area (Å²) in [4.78, 5) is 41.5. The molecule has 108 valence electrons. The van der Waals surface area contributed by atoms with Crippen molar-refractivity contribution in [3.63, 3.8) is 0 Å². The lowest BCUT2D eigenvalue weighted by Gasteiger charge is -2.39. The van der Waals surface area contributed by atoms with Gasteiger partial charge in [0.2, 0.25) is 5.91 Å². The number of nitrogens with zero attached hydrogens (tertiary/aromatic N) is 3. The molecule has 1 aliphatic heterocycles. The molecule has 3 amide bonds. The second kappa shape index (κ2) is 4.41. The molecule has 0 bridgehead atoms. The Kier molecular flexibility index (Phi) is 2.79. The van der Waals surface area contributed by atoms with E-state index in [0.29, 0.717) is 5.65 Å². The summed E-state index contributed by atoms with van der Waals surface area (Å²) in [6.45, 7) is 3.04. The third kappa shape index (κ3) is 2.06. The number of pyridine rings is 1. The highest BCUT2D eigenvalue weighted by atomic mass is 16.2. The number of carbonyl (C=O) groups excluding carboxylic acids is 3. The van der Waals surface area contributed by atoms with Crippen LogP contribution in [-0.4, -0.2) is 44.1 Å². The molecule has 2 aromatic heterocycles. The van der Waals surface area contributed by atoms with Crippen molar-refractivity contribution in [1.82, 2.24) is 19.6 Å². The van der Waals surface area contributed by atoms with E-state index in [1.165, 1.54) is 4.90 Å². The first-order valence-electron chi connectivity index (χ1n) is 6.49. The topological polar surface area (TPSA) is 83.8 Å². The molecule has 7 heteroatoms. The van der Waals surface area contributed by atoms with Gasteiger partial charge in [0.05, 0.1) is 0 Å². The van der Waals surface area contributed by atoms with Crippen molar-refractivity contribution in [3.05, 3.63) is 36.3 Å². The Balaban J connectivity index is 2.00. The average Bonchev–Trinajstić information content (AvgIpc) is 2.86. The summed E-state index contributed by atoms with van der Waals surface area (Å²) >= 11 is 0. The standard InChI is InChI=1S/C14H14N4O3/c1-14(2)13(21)16-11(19)8-18(14)12(20)9-7-17-6-4-3-5-10(17)15-9/h3-7H,8H2,1-2H3,(H,16,19,21). The maximum absolute atomic E-state index is 12.6. The van der Waals surface area contributed by atoms with Gasteiger partial charge in [-0.15, -0.1) is 0 Å². The van der Waals surface area contributed by atoms with Crippen molar-refractivity contribution in [2.45, 2.75) is 19.4 Å². The molecule has 0 aliphatic carbocycles. The number of amides is 3. The Morgan fingerprint density at radius 3 is 2.81 bits per heavy atom. The molecule has 2 aromatic rings. The van der Waals surface area contributed by atoms with Crippen molar-refractivity contribution >= 4 is 23.4 Å². The van der Waals surface area contributed by atoms with Crippen LogP contribution in [0, 0.1) is 0 Å². The highest BCUT2D eigenvalue weighted by Gasteiger charge is 2.44. The van der Waals surface area contributed by atoms with E-state index in [4.69, 9.17) is 0 Å². The van der Waals surface area contributed by atoms with Crippen LogP contribution < -0.4 is 5.32 Å². The maximum Gasteiger partial charge on any atom is 0.275 e. The molecule has 0 atom stereocenters. The normalized spacial score (nSPS) is 17.9. The summed E-state index contributed by atoms with van der Waals surface area (Å²) < 4.78 is 1.71. The summed E-state index contributed by atoms with van der Waals surface area (Å²) in [6, 6.07) is 5.42. The average molecular weight is 286 g/mol. The summed E-state index contributed by atoms with van der Waals surface area (Å²) in [5.41, 5.74) is -0.260. The van der Waals surface area contributed by atoms with Gasteiger partial charge in [-0.05, 0) is 26.0 Å². The van der Waals surface area contributed by atoms with Gasteiger partial charge in [-0.1, -0.05) is 6.07 Å². The SMILES string of the molecule is CC1(C)C(=O)NC(=O)CN1C(=O)c1cn2ccccc2n1. The Morgan fingerprint density at radius 2 is 2.10 bits per heavy atom. The molecule has 3 heterocycles. The van der Waals surface area contributed by atoms with E-state index >= 15 is 0 Å². The lowest BCUT2D eigenvalue weighted by atomic mass is 9.98. The fraction of sp³-hybridized carbons (Fsp3) is 0.286. The predicted molar refractivity (Wildman–Crippen MR) is 73.5 cm³/mol. The molecule has 1 fully saturated rings. The van der Waals surface area contributed by atoms with Gasteiger partial charge < -0.3 is 9.30 Å². The maximum atomic E-state index is 12.6. The molecule has 0 saturated carbocycles. The van der Waals surface area contributed by atoms with Crippen LogP contribution in [0.5, 0.6) is 0 Å². The molecule has 0 radical (unpaired) electrons. The molecule has 3 rings (SSSR count). The van der Waals surface area contributed by atoms with Crippen LogP contribution in [0.1, 0.15) is 24.3 Å². The Bertz CT molecular complexity index is 729. The van der Waals surface area contributed by atoms with Crippen LogP contribution in [0.4, 0.5) is 0 Å². The van der Waals surface area contributed by atoms with Crippen molar-refractivity contribution in [2.75, 3.05) is 6.54 Å². The van der Waals surface area contributed by atoms with Crippen LogP contribution >= 0.6 is 0 Å². The van der Waals surface area contributed by atoms with Crippen LogP contribution in [-0.2, 0) is 9.59 Å². The molecular formula is C14H14N4O3. The van der Waals surface area contributed by atoms with Crippen molar-refractivity contribution in [3.8, 4) is 0 Å². The lowest BCUT2D eigenvalue weighted by Crippen LogP contribution is -2.65. The number of rotatable bonds is 1. The number of hydrogen-bond acceptors (Lipinski definition) is 4. The summed E-state index contributed by atoms with van der Waals surface area (Å²) in [6.07, 6.45) is 3.36. The van der Waals surface area contributed by atoms with Gasteiger partial charge in [-0.2, -0.15) is 0 Å².